The van der Waals surface area contributed by atoms with Crippen LogP contribution in [0.2, 0.25) is 0 Å². The topological polar surface area (TPSA) is 87.3 Å². The van der Waals surface area contributed by atoms with Crippen LogP contribution in [0.25, 0.3) is 0 Å². The highest BCUT2D eigenvalue weighted by molar-refractivity contribution is 7.92. The number of halogens is 1. The van der Waals surface area contributed by atoms with Crippen LogP contribution in [0.5, 0.6) is 0 Å². The molecule has 0 fully saturated rings. The van der Waals surface area contributed by atoms with E-state index in [1.54, 1.807) is 26.1 Å². The molecule has 1 aromatic rings. The van der Waals surface area contributed by atoms with E-state index in [1.165, 1.54) is 6.07 Å². The van der Waals surface area contributed by atoms with Crippen molar-refractivity contribution < 1.29 is 13.2 Å². The van der Waals surface area contributed by atoms with Crippen LogP contribution in [-0.4, -0.2) is 40.7 Å². The molecule has 20 heavy (non-hydrogen) atoms. The minimum Gasteiger partial charge on any atom is -0.351 e. The summed E-state index contributed by atoms with van der Waals surface area (Å²) < 4.78 is 24.8. The van der Waals surface area contributed by atoms with Crippen molar-refractivity contribution in [2.45, 2.75) is 6.92 Å². The van der Waals surface area contributed by atoms with Gasteiger partial charge in [-0.3, -0.25) is 9.52 Å². The Balaban J connectivity index is 0.00000361. The van der Waals surface area contributed by atoms with Crippen LogP contribution in [0.15, 0.2) is 18.2 Å². The van der Waals surface area contributed by atoms with Gasteiger partial charge in [-0.15, -0.1) is 12.4 Å². The van der Waals surface area contributed by atoms with Crippen molar-refractivity contribution in [3.05, 3.63) is 29.3 Å². The number of likely N-dealkylation sites (N-methyl/N-ethyl adjacent to an activating group) is 1. The molecular weight excluding hydrogens is 302 g/mol. The van der Waals surface area contributed by atoms with Crippen molar-refractivity contribution in [1.82, 2.24) is 10.6 Å². The second-order valence-electron chi connectivity index (χ2n) is 4.26. The van der Waals surface area contributed by atoms with Gasteiger partial charge in [-0.25, -0.2) is 8.42 Å². The van der Waals surface area contributed by atoms with Gasteiger partial charge in [0.25, 0.3) is 5.91 Å². The Bertz CT molecular complexity index is 561. The first-order chi connectivity index (χ1) is 8.83. The van der Waals surface area contributed by atoms with E-state index in [1.807, 2.05) is 0 Å². The summed E-state index contributed by atoms with van der Waals surface area (Å²) >= 11 is 0. The van der Waals surface area contributed by atoms with Gasteiger partial charge in [0.15, 0.2) is 0 Å². The number of hydrogen-bond donors (Lipinski definition) is 3. The van der Waals surface area contributed by atoms with Crippen molar-refractivity contribution >= 4 is 34.0 Å². The molecule has 8 heteroatoms. The highest BCUT2D eigenvalue weighted by Gasteiger charge is 2.10. The Hall–Kier alpha value is -1.31. The lowest BCUT2D eigenvalue weighted by molar-refractivity contribution is 0.0954. The molecule has 0 unspecified atom stereocenters. The molecule has 6 nitrogen and oxygen atoms in total. The van der Waals surface area contributed by atoms with E-state index in [0.717, 1.165) is 11.8 Å². The average molecular weight is 322 g/mol. The van der Waals surface area contributed by atoms with E-state index >= 15 is 0 Å². The molecule has 0 aliphatic carbocycles. The van der Waals surface area contributed by atoms with E-state index in [-0.39, 0.29) is 18.3 Å². The lowest BCUT2D eigenvalue weighted by Gasteiger charge is -2.10. The number of rotatable bonds is 6. The number of carbonyl (C=O) groups is 1. The molecule has 3 N–H and O–H groups in total. The fourth-order valence-corrected chi connectivity index (χ4v) is 2.10. The summed E-state index contributed by atoms with van der Waals surface area (Å²) in [5.74, 6) is -0.230. The monoisotopic (exact) mass is 321 g/mol. The molecule has 0 aromatic heterocycles. The summed E-state index contributed by atoms with van der Waals surface area (Å²) in [6, 6.07) is 4.91. The van der Waals surface area contributed by atoms with Gasteiger partial charge >= 0.3 is 0 Å². The Morgan fingerprint density at radius 2 is 1.90 bits per heavy atom. The zero-order valence-electron chi connectivity index (χ0n) is 11.7. The smallest absolute Gasteiger partial charge is 0.251 e. The first-order valence-electron chi connectivity index (χ1n) is 5.84. The van der Waals surface area contributed by atoms with Crippen molar-refractivity contribution in [2.75, 3.05) is 31.1 Å². The van der Waals surface area contributed by atoms with Gasteiger partial charge in [-0.05, 0) is 31.7 Å². The average Bonchev–Trinajstić information content (AvgIpc) is 2.30. The molecule has 0 aliphatic rings. The first-order valence-corrected chi connectivity index (χ1v) is 7.74. The minimum absolute atomic E-state index is 0. The zero-order chi connectivity index (χ0) is 14.5. The third-order valence-corrected chi connectivity index (χ3v) is 3.05. The summed E-state index contributed by atoms with van der Waals surface area (Å²) in [5.41, 5.74) is 1.61. The normalized spacial score (nSPS) is 10.6. The Labute approximate surface area is 125 Å². The molecule has 0 saturated carbocycles. The molecule has 0 atom stereocenters. The second kappa shape index (κ2) is 8.08. The fraction of sp³-hybridized carbons (Fsp3) is 0.417. The van der Waals surface area contributed by atoms with Gasteiger partial charge in [-0.2, -0.15) is 0 Å². The van der Waals surface area contributed by atoms with Gasteiger partial charge in [-0.1, -0.05) is 6.07 Å². The Morgan fingerprint density at radius 1 is 1.25 bits per heavy atom. The quantitative estimate of drug-likeness (QED) is 0.674. The predicted octanol–water partition coefficient (Wildman–Crippen LogP) is 0.738. The molecule has 1 aromatic carbocycles. The zero-order valence-corrected chi connectivity index (χ0v) is 13.3. The summed E-state index contributed by atoms with van der Waals surface area (Å²) in [7, 11) is -1.56. The largest absolute Gasteiger partial charge is 0.351 e. The molecule has 114 valence electrons. The van der Waals surface area contributed by atoms with Gasteiger partial charge in [0.1, 0.15) is 0 Å². The Morgan fingerprint density at radius 3 is 2.45 bits per heavy atom. The van der Waals surface area contributed by atoms with Crippen LogP contribution in [0.1, 0.15) is 15.9 Å². The van der Waals surface area contributed by atoms with E-state index in [2.05, 4.69) is 15.4 Å². The van der Waals surface area contributed by atoms with Crippen LogP contribution in [0, 0.1) is 6.92 Å². The number of carbonyl (C=O) groups excluding carboxylic acids is 1. The van der Waals surface area contributed by atoms with Crippen molar-refractivity contribution in [2.24, 2.45) is 0 Å². The maximum absolute atomic E-state index is 11.8. The van der Waals surface area contributed by atoms with Gasteiger partial charge in [0, 0.05) is 18.7 Å². The highest BCUT2D eigenvalue weighted by atomic mass is 35.5. The number of aryl methyl sites for hydroxylation is 1. The summed E-state index contributed by atoms with van der Waals surface area (Å²) in [5, 5.41) is 5.65. The third-order valence-electron chi connectivity index (χ3n) is 2.46. The van der Waals surface area contributed by atoms with Crippen LogP contribution in [0.3, 0.4) is 0 Å². The van der Waals surface area contributed by atoms with Crippen LogP contribution < -0.4 is 15.4 Å². The lowest BCUT2D eigenvalue weighted by Crippen LogP contribution is -2.30. The third kappa shape index (κ3) is 6.23. The maximum Gasteiger partial charge on any atom is 0.251 e. The van der Waals surface area contributed by atoms with E-state index in [0.29, 0.717) is 24.3 Å². The molecule has 0 radical (unpaired) electrons. The molecule has 1 amide bonds. The van der Waals surface area contributed by atoms with Gasteiger partial charge in [0.05, 0.1) is 11.9 Å². The molecular formula is C12H20ClN3O3S. The first kappa shape index (κ1) is 18.7. The van der Waals surface area contributed by atoms with Gasteiger partial charge < -0.3 is 10.6 Å². The van der Waals surface area contributed by atoms with Crippen LogP contribution in [0.4, 0.5) is 5.69 Å². The Kier molecular flexibility index (Phi) is 7.55. The number of benzene rings is 1. The minimum atomic E-state index is -3.35. The van der Waals surface area contributed by atoms with E-state index in [9.17, 15) is 13.2 Å². The van der Waals surface area contributed by atoms with Crippen LogP contribution >= 0.6 is 12.4 Å². The SMILES string of the molecule is CNCCNC(=O)c1ccc(C)c(NS(C)(=O)=O)c1.Cl. The fourth-order valence-electron chi connectivity index (χ4n) is 1.48. The number of nitrogens with one attached hydrogen (secondary N) is 3. The van der Waals surface area contributed by atoms with Crippen molar-refractivity contribution in [3.63, 3.8) is 0 Å². The molecule has 0 saturated heterocycles. The van der Waals surface area contributed by atoms with Crippen molar-refractivity contribution in [3.8, 4) is 0 Å². The van der Waals surface area contributed by atoms with E-state index in [4.69, 9.17) is 0 Å². The highest BCUT2D eigenvalue weighted by Crippen LogP contribution is 2.17. The molecule has 1 rings (SSSR count). The lowest BCUT2D eigenvalue weighted by atomic mass is 10.1. The molecule has 0 spiro atoms. The predicted molar refractivity (Wildman–Crippen MR) is 83.2 cm³/mol. The maximum atomic E-state index is 11.8. The molecule has 0 heterocycles. The number of sulfonamides is 1. The standard InChI is InChI=1S/C12H19N3O3S.ClH/c1-9-4-5-10(12(16)14-7-6-13-2)8-11(9)15-19(3,17)18;/h4-5,8,13,15H,6-7H2,1-3H3,(H,14,16);1H. The van der Waals surface area contributed by atoms with E-state index < -0.39 is 10.0 Å². The summed E-state index contributed by atoms with van der Waals surface area (Å²) in [6.07, 6.45) is 1.08. The van der Waals surface area contributed by atoms with Crippen LogP contribution in [-0.2, 0) is 10.0 Å². The van der Waals surface area contributed by atoms with Crippen molar-refractivity contribution in [1.29, 1.82) is 0 Å². The molecule has 0 bridgehead atoms. The summed E-state index contributed by atoms with van der Waals surface area (Å²) in [4.78, 5) is 11.8. The number of amides is 1. The molecule has 0 aliphatic heterocycles. The summed E-state index contributed by atoms with van der Waals surface area (Å²) in [6.45, 7) is 2.96. The number of hydrogen-bond acceptors (Lipinski definition) is 4. The second-order valence-corrected chi connectivity index (χ2v) is 6.01. The van der Waals surface area contributed by atoms with Gasteiger partial charge in [0.2, 0.25) is 10.0 Å². The number of anilines is 1.